The van der Waals surface area contributed by atoms with Crippen molar-refractivity contribution in [2.75, 3.05) is 36.4 Å². The monoisotopic (exact) mass is 684 g/mol. The maximum atomic E-state index is 12.9. The first kappa shape index (κ1) is 31.5. The van der Waals surface area contributed by atoms with Crippen LogP contribution >= 0.6 is 11.8 Å². The molecule has 1 saturated heterocycles. The molecule has 8 rings (SSSR count). The van der Waals surface area contributed by atoms with Crippen molar-refractivity contribution in [2.24, 2.45) is 7.05 Å². The minimum atomic E-state index is -4.36. The lowest BCUT2D eigenvalue weighted by molar-refractivity contribution is -0.0328. The molecule has 252 valence electrons. The average Bonchev–Trinajstić information content (AvgIpc) is 3.84. The number of thioether (sulfide) groups is 1. The van der Waals surface area contributed by atoms with Gasteiger partial charge < -0.3 is 24.5 Å². The second kappa shape index (κ2) is 12.9. The van der Waals surface area contributed by atoms with Gasteiger partial charge in [-0.3, -0.25) is 9.88 Å². The molecule has 6 aromatic rings. The molecule has 2 fully saturated rings. The Morgan fingerprint density at radius 1 is 0.878 bits per heavy atom. The highest BCUT2D eigenvalue weighted by Crippen LogP contribution is 2.38. The number of hydrogen-bond acceptors (Lipinski definition) is 8. The third-order valence-electron chi connectivity index (χ3n) is 9.37. The molecule has 1 aliphatic heterocycles. The predicted molar refractivity (Wildman–Crippen MR) is 188 cm³/mol. The van der Waals surface area contributed by atoms with E-state index in [1.165, 1.54) is 43.5 Å². The number of ether oxygens (including phenoxy) is 1. The van der Waals surface area contributed by atoms with Gasteiger partial charge in [-0.05, 0) is 79.2 Å². The fourth-order valence-electron chi connectivity index (χ4n) is 6.92. The molecule has 0 unspecified atom stereocenters. The van der Waals surface area contributed by atoms with E-state index in [0.717, 1.165) is 48.8 Å². The fraction of sp³-hybridized carbons (Fsp3) is 0.306. The van der Waals surface area contributed by atoms with Gasteiger partial charge >= 0.3 is 5.51 Å². The Balaban J connectivity index is 0.960. The number of imidazole rings is 2. The summed E-state index contributed by atoms with van der Waals surface area (Å²) in [5, 5.41) is 3.13. The molecule has 13 heteroatoms. The number of benzene rings is 3. The highest BCUT2D eigenvalue weighted by molar-refractivity contribution is 8.00. The van der Waals surface area contributed by atoms with Crippen molar-refractivity contribution in [3.8, 4) is 23.0 Å². The summed E-state index contributed by atoms with van der Waals surface area (Å²) in [6.07, 6.45) is 7.12. The number of anilines is 3. The Hall–Kier alpha value is -4.75. The first-order chi connectivity index (χ1) is 23.7. The van der Waals surface area contributed by atoms with E-state index in [-0.39, 0.29) is 16.7 Å². The van der Waals surface area contributed by atoms with Crippen LogP contribution < -0.4 is 15.0 Å². The lowest BCUT2D eigenvalue weighted by Crippen LogP contribution is -2.49. The largest absolute Gasteiger partial charge is 0.457 e. The number of fused-ring (bicyclic) bond motifs is 2. The number of pyridine rings is 1. The number of alkyl halides is 3. The van der Waals surface area contributed by atoms with Gasteiger partial charge in [0.15, 0.2) is 5.82 Å². The number of H-pyrrole nitrogens is 1. The number of nitrogens with zero attached hydrogens (tertiary/aromatic N) is 6. The van der Waals surface area contributed by atoms with Gasteiger partial charge in [0.2, 0.25) is 5.95 Å². The van der Waals surface area contributed by atoms with E-state index in [2.05, 4.69) is 48.3 Å². The Kier molecular flexibility index (Phi) is 8.32. The van der Waals surface area contributed by atoms with Gasteiger partial charge in [0.05, 0.1) is 22.1 Å². The summed E-state index contributed by atoms with van der Waals surface area (Å²) in [4.78, 5) is 22.8. The van der Waals surface area contributed by atoms with Crippen molar-refractivity contribution >= 4 is 51.2 Å². The van der Waals surface area contributed by atoms with Crippen LogP contribution in [0.5, 0.6) is 11.5 Å². The molecule has 0 atom stereocenters. The third kappa shape index (κ3) is 6.90. The molecule has 0 amide bonds. The van der Waals surface area contributed by atoms with Crippen LogP contribution in [0.1, 0.15) is 25.7 Å². The van der Waals surface area contributed by atoms with E-state index in [0.29, 0.717) is 40.2 Å². The van der Waals surface area contributed by atoms with Crippen molar-refractivity contribution < 1.29 is 17.9 Å². The van der Waals surface area contributed by atoms with Crippen LogP contribution in [0.3, 0.4) is 0 Å². The van der Waals surface area contributed by atoms with Crippen LogP contribution in [0, 0.1) is 0 Å². The average molecular weight is 685 g/mol. The first-order valence-electron chi connectivity index (χ1n) is 16.5. The molecular formula is C36H35F3N8OS. The lowest BCUT2D eigenvalue weighted by atomic mass is 10.1. The van der Waals surface area contributed by atoms with Gasteiger partial charge in [-0.15, -0.1) is 0 Å². The van der Waals surface area contributed by atoms with Gasteiger partial charge in [-0.1, -0.05) is 18.9 Å². The van der Waals surface area contributed by atoms with Crippen molar-refractivity contribution in [3.63, 3.8) is 0 Å². The number of piperazine rings is 1. The van der Waals surface area contributed by atoms with Crippen LogP contribution in [0.15, 0.2) is 83.9 Å². The van der Waals surface area contributed by atoms with E-state index in [1.54, 1.807) is 24.4 Å². The fourth-order valence-corrected chi connectivity index (χ4v) is 7.52. The maximum absolute atomic E-state index is 12.9. The van der Waals surface area contributed by atoms with Crippen molar-refractivity contribution in [1.82, 2.24) is 29.4 Å². The molecule has 4 heterocycles. The molecule has 0 spiro atoms. The minimum Gasteiger partial charge on any atom is -0.457 e. The van der Waals surface area contributed by atoms with Crippen molar-refractivity contribution in [1.29, 1.82) is 0 Å². The number of nitrogens with one attached hydrogen (secondary N) is 2. The van der Waals surface area contributed by atoms with E-state index < -0.39 is 5.51 Å². The lowest BCUT2D eigenvalue weighted by Gasteiger charge is -2.39. The summed E-state index contributed by atoms with van der Waals surface area (Å²) in [6.45, 7) is 4.28. The zero-order valence-electron chi connectivity index (χ0n) is 26.9. The van der Waals surface area contributed by atoms with E-state index in [1.807, 2.05) is 35.9 Å². The Bertz CT molecular complexity index is 2120. The van der Waals surface area contributed by atoms with Crippen LogP contribution in [0.25, 0.3) is 33.6 Å². The summed E-state index contributed by atoms with van der Waals surface area (Å²) in [5.41, 5.74) is 1.36. The van der Waals surface area contributed by atoms with Gasteiger partial charge in [-0.25, -0.2) is 9.97 Å². The van der Waals surface area contributed by atoms with Gasteiger partial charge in [0.1, 0.15) is 17.2 Å². The topological polar surface area (TPSA) is 87.1 Å². The highest BCUT2D eigenvalue weighted by atomic mass is 32.2. The van der Waals surface area contributed by atoms with Crippen molar-refractivity contribution in [3.05, 3.63) is 79.0 Å². The number of rotatable bonds is 8. The number of aromatic amines is 1. The van der Waals surface area contributed by atoms with Gasteiger partial charge in [0, 0.05) is 73.9 Å². The maximum Gasteiger partial charge on any atom is 0.446 e. The van der Waals surface area contributed by atoms with E-state index in [9.17, 15) is 13.2 Å². The number of aromatic nitrogens is 5. The normalized spacial score (nSPS) is 16.2. The molecule has 1 aliphatic carbocycles. The molecule has 2 aliphatic rings. The molecule has 2 N–H and O–H groups in total. The third-order valence-corrected chi connectivity index (χ3v) is 10.1. The molecule has 0 radical (unpaired) electrons. The zero-order valence-corrected chi connectivity index (χ0v) is 27.7. The molecule has 3 aromatic heterocycles. The molecular weight excluding hydrogens is 650 g/mol. The first-order valence-corrected chi connectivity index (χ1v) is 17.3. The quantitative estimate of drug-likeness (QED) is 0.154. The van der Waals surface area contributed by atoms with Crippen LogP contribution in [-0.2, 0) is 7.05 Å². The summed E-state index contributed by atoms with van der Waals surface area (Å²) in [5.74, 6) is 2.34. The standard InChI is InChI=1S/C36H35F3N8OS/c1-45-33-12-10-26(21-31(33)44-35(45)41-23-5-4-8-28(19-23)49-36(37,38)39)48-27-13-14-40-32(22-27)34-42-29-11-9-25(20-30(29)43-34)47-17-15-46(16-18-47)24-6-2-3-7-24/h4-5,8-14,19-22,24H,2-3,6-7,15-18H2,1H3,(H,41,44)(H,42,43). The minimum absolute atomic E-state index is 0.0966. The Morgan fingerprint density at radius 3 is 2.51 bits per heavy atom. The summed E-state index contributed by atoms with van der Waals surface area (Å²) >= 11 is -0.150. The predicted octanol–water partition coefficient (Wildman–Crippen LogP) is 8.72. The van der Waals surface area contributed by atoms with Crippen molar-refractivity contribution in [2.45, 2.75) is 42.1 Å². The summed E-state index contributed by atoms with van der Waals surface area (Å²) < 4.78 is 46.7. The van der Waals surface area contributed by atoms with Crippen LogP contribution in [-0.4, -0.2) is 67.1 Å². The van der Waals surface area contributed by atoms with Gasteiger partial charge in [0.25, 0.3) is 0 Å². The van der Waals surface area contributed by atoms with Crippen LogP contribution in [0.4, 0.5) is 30.5 Å². The number of hydrogen-bond donors (Lipinski definition) is 2. The zero-order chi connectivity index (χ0) is 33.5. The Morgan fingerprint density at radius 2 is 1.69 bits per heavy atom. The number of aryl methyl sites for hydroxylation is 1. The second-order valence-corrected chi connectivity index (χ2v) is 13.7. The number of halogens is 3. The SMILES string of the molecule is Cn1c(Nc2cccc(SC(F)(F)F)c2)nc2cc(Oc3ccnc(-c4nc5cc(N6CCN(C7CCCC7)CC6)ccc5[nH]4)c3)ccc21. The van der Waals surface area contributed by atoms with Gasteiger partial charge in [-0.2, -0.15) is 13.2 Å². The summed E-state index contributed by atoms with van der Waals surface area (Å²) in [6, 6.07) is 22.6. The second-order valence-electron chi connectivity index (χ2n) is 12.6. The molecule has 3 aromatic carbocycles. The van der Waals surface area contributed by atoms with Crippen LogP contribution in [0.2, 0.25) is 0 Å². The highest BCUT2D eigenvalue weighted by Gasteiger charge is 2.29. The van der Waals surface area contributed by atoms with E-state index >= 15 is 0 Å². The smallest absolute Gasteiger partial charge is 0.446 e. The summed E-state index contributed by atoms with van der Waals surface area (Å²) in [7, 11) is 1.84. The molecule has 9 nitrogen and oxygen atoms in total. The van der Waals surface area contributed by atoms with E-state index in [4.69, 9.17) is 9.72 Å². The molecule has 0 bridgehead atoms. The molecule has 49 heavy (non-hydrogen) atoms. The molecule has 1 saturated carbocycles. The Labute approximate surface area is 285 Å².